The summed E-state index contributed by atoms with van der Waals surface area (Å²) >= 11 is 0. The molecule has 1 aromatic carbocycles. The van der Waals surface area contributed by atoms with Gasteiger partial charge >= 0.3 is 11.9 Å². The molecule has 2 atom stereocenters. The number of hydrogen-bond donors (Lipinski definition) is 4. The minimum atomic E-state index is -1.23. The van der Waals surface area contributed by atoms with Gasteiger partial charge in [-0.3, -0.25) is 0 Å². The number of rotatable bonds is 4. The lowest BCUT2D eigenvalue weighted by Gasteiger charge is -1.98. The number of carboxylic acids is 2. The van der Waals surface area contributed by atoms with E-state index in [1.165, 1.54) is 24.3 Å². The highest BCUT2D eigenvalue weighted by atomic mass is 16.5. The Morgan fingerprint density at radius 2 is 1.14 bits per heavy atom. The first-order valence-electron chi connectivity index (χ1n) is 6.29. The van der Waals surface area contributed by atoms with Crippen LogP contribution in [-0.2, 0) is 9.47 Å². The predicted molar refractivity (Wildman–Crippen MR) is 81.7 cm³/mol. The third kappa shape index (κ3) is 11.8. The van der Waals surface area contributed by atoms with Crippen LogP contribution in [0.1, 0.15) is 34.6 Å². The second kappa shape index (κ2) is 12.7. The molecule has 0 aliphatic heterocycles. The number of benzene rings is 1. The van der Waals surface area contributed by atoms with E-state index in [-0.39, 0.29) is 23.6 Å². The normalized spacial score (nSPS) is 11.9. The highest BCUT2D eigenvalue weighted by Gasteiger charge is 2.13. The van der Waals surface area contributed by atoms with E-state index in [4.69, 9.17) is 21.7 Å². The van der Waals surface area contributed by atoms with Crippen molar-refractivity contribution in [2.75, 3.05) is 14.2 Å². The summed E-state index contributed by atoms with van der Waals surface area (Å²) in [6.45, 7) is 3.56. The first-order valence-corrected chi connectivity index (χ1v) is 6.29. The van der Waals surface area contributed by atoms with Crippen molar-refractivity contribution in [1.82, 2.24) is 0 Å². The number of nitrogens with two attached hydrogens (primary N) is 2. The molecular weight excluding hydrogens is 292 g/mol. The van der Waals surface area contributed by atoms with Gasteiger partial charge in [-0.1, -0.05) is 12.1 Å². The van der Waals surface area contributed by atoms with Crippen LogP contribution in [0.4, 0.5) is 0 Å². The predicted octanol–water partition coefficient (Wildman–Crippen LogP) is 0.958. The van der Waals surface area contributed by atoms with E-state index >= 15 is 0 Å². The van der Waals surface area contributed by atoms with Crippen molar-refractivity contribution in [1.29, 1.82) is 0 Å². The molecule has 0 saturated heterocycles. The SMILES string of the molecule is COC(C)N.COC(C)N.O=C(O)c1ccccc1C(=O)O. The van der Waals surface area contributed by atoms with Gasteiger partial charge in [-0.05, 0) is 26.0 Å². The van der Waals surface area contributed by atoms with Gasteiger partial charge < -0.3 is 31.2 Å². The number of methoxy groups -OCH3 is 2. The van der Waals surface area contributed by atoms with Crippen molar-refractivity contribution >= 4 is 11.9 Å². The summed E-state index contributed by atoms with van der Waals surface area (Å²) in [4.78, 5) is 20.9. The molecule has 1 rings (SSSR count). The van der Waals surface area contributed by atoms with Crippen LogP contribution in [0.2, 0.25) is 0 Å². The highest BCUT2D eigenvalue weighted by molar-refractivity contribution is 6.01. The maximum atomic E-state index is 10.5. The quantitative estimate of drug-likeness (QED) is 0.601. The topological polar surface area (TPSA) is 145 Å². The number of aromatic carboxylic acids is 2. The first-order chi connectivity index (χ1) is 10.2. The van der Waals surface area contributed by atoms with Gasteiger partial charge in [0, 0.05) is 14.2 Å². The van der Waals surface area contributed by atoms with Crippen molar-refractivity contribution in [2.24, 2.45) is 11.5 Å². The van der Waals surface area contributed by atoms with E-state index in [2.05, 4.69) is 9.47 Å². The van der Waals surface area contributed by atoms with Crippen LogP contribution < -0.4 is 11.5 Å². The summed E-state index contributed by atoms with van der Waals surface area (Å²) < 4.78 is 9.06. The van der Waals surface area contributed by atoms with E-state index in [0.717, 1.165) is 0 Å². The van der Waals surface area contributed by atoms with Crippen LogP contribution in [0, 0.1) is 0 Å². The minimum absolute atomic E-state index is 0.116. The van der Waals surface area contributed by atoms with Gasteiger partial charge in [0.25, 0.3) is 0 Å². The molecule has 126 valence electrons. The van der Waals surface area contributed by atoms with Gasteiger partial charge in [-0.25, -0.2) is 9.59 Å². The lowest BCUT2D eigenvalue weighted by atomic mass is 10.1. The molecule has 0 aromatic heterocycles. The Hall–Kier alpha value is -2.00. The summed E-state index contributed by atoms with van der Waals surface area (Å²) in [6.07, 6.45) is -0.231. The summed E-state index contributed by atoms with van der Waals surface area (Å²) in [5.74, 6) is -2.46. The first kappa shape index (κ1) is 22.3. The van der Waals surface area contributed by atoms with E-state index in [1.807, 2.05) is 0 Å². The van der Waals surface area contributed by atoms with Gasteiger partial charge in [0.1, 0.15) is 12.5 Å². The lowest BCUT2D eigenvalue weighted by molar-refractivity contribution is 0.0651. The molecule has 6 N–H and O–H groups in total. The number of hydrogen-bond acceptors (Lipinski definition) is 6. The average Bonchev–Trinajstić information content (AvgIpc) is 2.48. The van der Waals surface area contributed by atoms with Gasteiger partial charge in [0.15, 0.2) is 0 Å². The molecule has 8 heteroatoms. The Kier molecular flexibility index (Phi) is 12.9. The zero-order valence-corrected chi connectivity index (χ0v) is 13.1. The molecule has 0 saturated carbocycles. The largest absolute Gasteiger partial charge is 0.478 e. The molecular formula is C14H24N2O6. The fourth-order valence-corrected chi connectivity index (χ4v) is 0.856. The van der Waals surface area contributed by atoms with Crippen LogP contribution in [-0.4, -0.2) is 48.8 Å². The summed E-state index contributed by atoms with van der Waals surface area (Å²) in [6, 6.07) is 5.48. The Balaban J connectivity index is 0. The Labute approximate surface area is 129 Å². The van der Waals surface area contributed by atoms with Gasteiger partial charge in [-0.15, -0.1) is 0 Å². The Morgan fingerprint density at radius 1 is 0.909 bits per heavy atom. The molecule has 2 unspecified atom stereocenters. The third-order valence-electron chi connectivity index (χ3n) is 2.13. The van der Waals surface area contributed by atoms with Crippen molar-refractivity contribution in [3.05, 3.63) is 35.4 Å². The molecule has 0 bridgehead atoms. The second-order valence-electron chi connectivity index (χ2n) is 4.04. The summed E-state index contributed by atoms with van der Waals surface area (Å²) in [7, 11) is 3.15. The highest BCUT2D eigenvalue weighted by Crippen LogP contribution is 2.07. The van der Waals surface area contributed by atoms with Crippen molar-refractivity contribution in [2.45, 2.75) is 26.3 Å². The molecule has 0 radical (unpaired) electrons. The molecule has 0 heterocycles. The average molecular weight is 316 g/mol. The van der Waals surface area contributed by atoms with Gasteiger partial charge in [0.2, 0.25) is 0 Å². The number of carboxylic acid groups (broad SMARTS) is 2. The maximum absolute atomic E-state index is 10.5. The van der Waals surface area contributed by atoms with Crippen LogP contribution in [0.25, 0.3) is 0 Å². The Morgan fingerprint density at radius 3 is 1.27 bits per heavy atom. The van der Waals surface area contributed by atoms with Crippen molar-refractivity contribution in [3.8, 4) is 0 Å². The van der Waals surface area contributed by atoms with Gasteiger partial charge in [0.05, 0.1) is 11.1 Å². The number of carbonyl (C=O) groups is 2. The fraction of sp³-hybridized carbons (Fsp3) is 0.429. The fourth-order valence-electron chi connectivity index (χ4n) is 0.856. The van der Waals surface area contributed by atoms with Crippen LogP contribution >= 0.6 is 0 Å². The van der Waals surface area contributed by atoms with Crippen LogP contribution in [0.3, 0.4) is 0 Å². The zero-order valence-electron chi connectivity index (χ0n) is 13.1. The Bertz CT molecular complexity index is 408. The molecule has 0 spiro atoms. The molecule has 22 heavy (non-hydrogen) atoms. The molecule has 0 fully saturated rings. The number of ether oxygens (including phenoxy) is 2. The smallest absolute Gasteiger partial charge is 0.336 e. The minimum Gasteiger partial charge on any atom is -0.478 e. The monoisotopic (exact) mass is 316 g/mol. The van der Waals surface area contributed by atoms with E-state index in [1.54, 1.807) is 28.1 Å². The summed E-state index contributed by atoms with van der Waals surface area (Å²) in [5.41, 5.74) is 9.76. The van der Waals surface area contributed by atoms with E-state index in [0.29, 0.717) is 0 Å². The summed E-state index contributed by atoms with van der Waals surface area (Å²) in [5, 5.41) is 17.1. The van der Waals surface area contributed by atoms with E-state index < -0.39 is 11.9 Å². The molecule has 1 aromatic rings. The molecule has 8 nitrogen and oxygen atoms in total. The molecule has 0 amide bonds. The van der Waals surface area contributed by atoms with Crippen LogP contribution in [0.5, 0.6) is 0 Å². The van der Waals surface area contributed by atoms with E-state index in [9.17, 15) is 9.59 Å². The molecule has 0 aliphatic rings. The maximum Gasteiger partial charge on any atom is 0.336 e. The lowest BCUT2D eigenvalue weighted by Crippen LogP contribution is -2.15. The standard InChI is InChI=1S/C8H6O4.2C3H9NO/c9-7(10)5-3-1-2-4-6(5)8(11)12;2*1-3(4)5-2/h1-4H,(H,9,10)(H,11,12);2*3H,4H2,1-2H3. The van der Waals surface area contributed by atoms with Crippen molar-refractivity contribution in [3.63, 3.8) is 0 Å². The van der Waals surface area contributed by atoms with Crippen LogP contribution in [0.15, 0.2) is 24.3 Å². The third-order valence-corrected chi connectivity index (χ3v) is 2.13. The van der Waals surface area contributed by atoms with Gasteiger partial charge in [-0.2, -0.15) is 0 Å². The molecule has 0 aliphatic carbocycles. The zero-order chi connectivity index (χ0) is 17.7. The second-order valence-corrected chi connectivity index (χ2v) is 4.04. The van der Waals surface area contributed by atoms with Crippen molar-refractivity contribution < 1.29 is 29.3 Å².